The van der Waals surface area contributed by atoms with E-state index in [0.29, 0.717) is 29.0 Å². The summed E-state index contributed by atoms with van der Waals surface area (Å²) in [6, 6.07) is 22.9. The second-order valence-corrected chi connectivity index (χ2v) is 10.3. The number of methoxy groups -OCH3 is 2. The van der Waals surface area contributed by atoms with Gasteiger partial charge in [0.2, 0.25) is 0 Å². The number of para-hydroxylation sites is 1. The van der Waals surface area contributed by atoms with Gasteiger partial charge in [-0.15, -0.1) is 0 Å². The summed E-state index contributed by atoms with van der Waals surface area (Å²) in [6.45, 7) is 2.37. The van der Waals surface area contributed by atoms with E-state index in [1.807, 2.05) is 98.7 Å². The van der Waals surface area contributed by atoms with Crippen molar-refractivity contribution in [2.75, 3.05) is 45.1 Å². The monoisotopic (exact) mass is 468 g/mol. The molecule has 3 rings (SSSR count). The molecule has 0 heterocycles. The average Bonchev–Trinajstić information content (AvgIpc) is 2.86. The van der Waals surface area contributed by atoms with Crippen molar-refractivity contribution in [1.82, 2.24) is 0 Å². The molecule has 0 bridgehead atoms. The zero-order valence-electron chi connectivity index (χ0n) is 19.9. The summed E-state index contributed by atoms with van der Waals surface area (Å²) in [7, 11) is 3.69. The van der Waals surface area contributed by atoms with Crippen molar-refractivity contribution in [3.05, 3.63) is 78.4 Å². The third-order valence-electron chi connectivity index (χ3n) is 5.36. The number of hydrogen-bond donors (Lipinski definition) is 1. The minimum Gasteiger partial charge on any atom is -0.497 e. The molecule has 2 atom stereocenters. The molecule has 0 aromatic heterocycles. The summed E-state index contributed by atoms with van der Waals surface area (Å²) in [4.78, 5) is 2.01. The molecule has 3 aromatic rings. The molecule has 0 radical (unpaired) electrons. The van der Waals surface area contributed by atoms with E-state index in [1.54, 1.807) is 14.2 Å². The van der Waals surface area contributed by atoms with Crippen molar-refractivity contribution in [3.63, 3.8) is 0 Å². The van der Waals surface area contributed by atoms with Crippen LogP contribution in [0.3, 0.4) is 0 Å². The molecule has 0 spiro atoms. The molecule has 3 aromatic carbocycles. The van der Waals surface area contributed by atoms with Crippen LogP contribution in [0.2, 0.25) is 0 Å². The molecular formula is C26H33N2O4P. The number of rotatable bonds is 11. The van der Waals surface area contributed by atoms with Crippen LogP contribution in [-0.4, -0.2) is 34.9 Å². The van der Waals surface area contributed by atoms with Gasteiger partial charge < -0.3 is 24.2 Å². The first-order chi connectivity index (χ1) is 15.9. The van der Waals surface area contributed by atoms with Crippen molar-refractivity contribution < 1.29 is 18.6 Å². The van der Waals surface area contributed by atoms with Crippen LogP contribution in [0.4, 0.5) is 11.4 Å². The molecule has 0 amide bonds. The minimum atomic E-state index is -3.47. The first-order valence-electron chi connectivity index (χ1n) is 11.0. The Hall–Kier alpha value is -2.95. The number of benzene rings is 3. The van der Waals surface area contributed by atoms with Crippen molar-refractivity contribution in [3.8, 4) is 11.5 Å². The molecular weight excluding hydrogens is 435 g/mol. The number of nitrogens with one attached hydrogen (secondary N) is 1. The fourth-order valence-corrected chi connectivity index (χ4v) is 6.08. The molecule has 6 nitrogen and oxygen atoms in total. The molecule has 1 N–H and O–H groups in total. The summed E-state index contributed by atoms with van der Waals surface area (Å²) in [5, 5.41) is 4.11. The SMILES string of the molecule is CCCO[P@@](=O)(c1ccc(N(C)C)cc1)[C@@H](Nc1ccccc1)c1cc(OC)ccc1OC. The van der Waals surface area contributed by atoms with E-state index in [2.05, 4.69) is 5.32 Å². The van der Waals surface area contributed by atoms with Crippen molar-refractivity contribution in [1.29, 1.82) is 0 Å². The second-order valence-electron chi connectivity index (χ2n) is 7.86. The lowest BCUT2D eigenvalue weighted by atomic mass is 10.1. The van der Waals surface area contributed by atoms with E-state index in [9.17, 15) is 4.57 Å². The van der Waals surface area contributed by atoms with E-state index in [0.717, 1.165) is 17.8 Å². The number of nitrogens with zero attached hydrogens (tertiary/aromatic N) is 1. The van der Waals surface area contributed by atoms with Gasteiger partial charge in [0, 0.05) is 36.3 Å². The Kier molecular flexibility index (Phi) is 8.43. The van der Waals surface area contributed by atoms with Crippen LogP contribution in [0.25, 0.3) is 0 Å². The maximum Gasteiger partial charge on any atom is 0.258 e. The Morgan fingerprint density at radius 2 is 1.64 bits per heavy atom. The van der Waals surface area contributed by atoms with Crippen LogP contribution < -0.4 is 25.0 Å². The average molecular weight is 469 g/mol. The van der Waals surface area contributed by atoms with Gasteiger partial charge in [0.05, 0.1) is 20.8 Å². The van der Waals surface area contributed by atoms with E-state index < -0.39 is 13.2 Å². The third kappa shape index (κ3) is 5.70. The highest BCUT2D eigenvalue weighted by Gasteiger charge is 2.39. The molecule has 0 saturated heterocycles. The maximum absolute atomic E-state index is 14.8. The highest BCUT2D eigenvalue weighted by atomic mass is 31.2. The van der Waals surface area contributed by atoms with E-state index >= 15 is 0 Å². The van der Waals surface area contributed by atoms with Gasteiger partial charge in [-0.25, -0.2) is 0 Å². The Morgan fingerprint density at radius 1 is 0.939 bits per heavy atom. The lowest BCUT2D eigenvalue weighted by Crippen LogP contribution is -2.22. The standard InChI is InChI=1S/C26H33N2O4P/c1-6-18-32-33(29,23-15-12-21(13-16-23)28(2)3)26(27-20-10-8-7-9-11-20)24-19-22(30-4)14-17-25(24)31-5/h7-17,19,26-27H,6,18H2,1-5H3/t26-,33+/m1/s1. The smallest absolute Gasteiger partial charge is 0.258 e. The quantitative estimate of drug-likeness (QED) is 0.353. The molecule has 0 aliphatic rings. The van der Waals surface area contributed by atoms with Crippen molar-refractivity contribution in [2.24, 2.45) is 0 Å². The Balaban J connectivity index is 2.21. The van der Waals surface area contributed by atoms with Gasteiger partial charge in [-0.3, -0.25) is 4.57 Å². The molecule has 7 heteroatoms. The summed E-state index contributed by atoms with van der Waals surface area (Å²) >= 11 is 0. The highest BCUT2D eigenvalue weighted by Crippen LogP contribution is 2.60. The Bertz CT molecular complexity index is 1070. The molecule has 33 heavy (non-hydrogen) atoms. The maximum atomic E-state index is 14.8. The number of anilines is 2. The summed E-state index contributed by atoms with van der Waals surface area (Å²) in [6.07, 6.45) is 0.743. The Labute approximate surface area is 196 Å². The van der Waals surface area contributed by atoms with E-state index in [1.165, 1.54) is 0 Å². The van der Waals surface area contributed by atoms with Crippen LogP contribution in [0, 0.1) is 0 Å². The van der Waals surface area contributed by atoms with Crippen LogP contribution in [0.15, 0.2) is 72.8 Å². The van der Waals surface area contributed by atoms with Gasteiger partial charge in [-0.2, -0.15) is 0 Å². The van der Waals surface area contributed by atoms with Crippen LogP contribution in [-0.2, 0) is 9.09 Å². The third-order valence-corrected chi connectivity index (χ3v) is 8.03. The number of hydrogen-bond acceptors (Lipinski definition) is 6. The molecule has 0 unspecified atom stereocenters. The zero-order valence-corrected chi connectivity index (χ0v) is 20.8. The van der Waals surface area contributed by atoms with Crippen LogP contribution >= 0.6 is 7.37 Å². The fraction of sp³-hybridized carbons (Fsp3) is 0.308. The number of ether oxygens (including phenoxy) is 2. The largest absolute Gasteiger partial charge is 0.497 e. The normalized spacial score (nSPS) is 13.6. The van der Waals surface area contributed by atoms with Crippen LogP contribution in [0.1, 0.15) is 24.7 Å². The van der Waals surface area contributed by atoms with Gasteiger partial charge in [-0.1, -0.05) is 25.1 Å². The highest BCUT2D eigenvalue weighted by molar-refractivity contribution is 7.67. The van der Waals surface area contributed by atoms with Crippen molar-refractivity contribution in [2.45, 2.75) is 19.1 Å². The van der Waals surface area contributed by atoms with Gasteiger partial charge in [0.15, 0.2) is 0 Å². The summed E-state index contributed by atoms with van der Waals surface area (Å²) in [5.74, 6) is 0.562. The van der Waals surface area contributed by atoms with Gasteiger partial charge in [-0.05, 0) is 61.0 Å². The van der Waals surface area contributed by atoms with Crippen LogP contribution in [0.5, 0.6) is 11.5 Å². The molecule has 0 aliphatic heterocycles. The van der Waals surface area contributed by atoms with Gasteiger partial charge in [0.25, 0.3) is 7.37 Å². The molecule has 0 fully saturated rings. The van der Waals surface area contributed by atoms with E-state index in [-0.39, 0.29) is 0 Å². The molecule has 0 aliphatic carbocycles. The Morgan fingerprint density at radius 3 is 2.21 bits per heavy atom. The topological polar surface area (TPSA) is 60.0 Å². The predicted molar refractivity (Wildman–Crippen MR) is 137 cm³/mol. The molecule has 176 valence electrons. The minimum absolute atomic E-state index is 0.367. The van der Waals surface area contributed by atoms with Gasteiger partial charge in [0.1, 0.15) is 17.3 Å². The molecule has 0 saturated carbocycles. The predicted octanol–water partition coefficient (Wildman–Crippen LogP) is 5.91. The van der Waals surface area contributed by atoms with Crippen molar-refractivity contribution >= 4 is 24.0 Å². The van der Waals surface area contributed by atoms with Gasteiger partial charge >= 0.3 is 0 Å². The fourth-order valence-electron chi connectivity index (χ4n) is 3.57. The first-order valence-corrected chi connectivity index (χ1v) is 12.7. The summed E-state index contributed by atoms with van der Waals surface area (Å²) < 4.78 is 32.2. The van der Waals surface area contributed by atoms with E-state index in [4.69, 9.17) is 14.0 Å². The zero-order chi connectivity index (χ0) is 23.8. The first kappa shape index (κ1) is 24.7. The summed E-state index contributed by atoms with van der Waals surface area (Å²) in [5.41, 5.74) is 2.56. The second kappa shape index (κ2) is 11.3. The lowest BCUT2D eigenvalue weighted by molar-refractivity contribution is 0.314. The lowest BCUT2D eigenvalue weighted by Gasteiger charge is -2.31.